The minimum atomic E-state index is -0.449. The standard InChI is InChI=1S/C10H12BrNO3/c1-3-4-8(9(13)5-11)6-12-7-10(14)15-2/h3-4,6H,1,5,7H2,2H3/b8-4+,12-6?. The number of hydrogen-bond donors (Lipinski definition) is 0. The van der Waals surface area contributed by atoms with Gasteiger partial charge in [0, 0.05) is 11.8 Å². The maximum absolute atomic E-state index is 11.3. The maximum Gasteiger partial charge on any atom is 0.327 e. The van der Waals surface area contributed by atoms with Crippen molar-refractivity contribution in [3.63, 3.8) is 0 Å². The highest BCUT2D eigenvalue weighted by Crippen LogP contribution is 1.97. The first-order valence-electron chi connectivity index (χ1n) is 4.14. The number of carbonyl (C=O) groups excluding carboxylic acids is 2. The third-order valence-electron chi connectivity index (χ3n) is 1.42. The van der Waals surface area contributed by atoms with E-state index in [2.05, 4.69) is 32.2 Å². The van der Waals surface area contributed by atoms with Crippen molar-refractivity contribution in [3.8, 4) is 0 Å². The SMILES string of the molecule is C=C/C=C(\C=NCC(=O)OC)C(=O)CBr. The van der Waals surface area contributed by atoms with Crippen LogP contribution in [0.5, 0.6) is 0 Å². The minimum absolute atomic E-state index is 0.0967. The van der Waals surface area contributed by atoms with E-state index in [1.54, 1.807) is 0 Å². The van der Waals surface area contributed by atoms with Crippen LogP contribution in [0.2, 0.25) is 0 Å². The molecule has 0 saturated heterocycles. The van der Waals surface area contributed by atoms with Gasteiger partial charge in [0.05, 0.1) is 12.4 Å². The molecule has 0 saturated carbocycles. The van der Waals surface area contributed by atoms with Gasteiger partial charge in [0.2, 0.25) is 0 Å². The quantitative estimate of drug-likeness (QED) is 0.241. The average molecular weight is 274 g/mol. The highest BCUT2D eigenvalue weighted by atomic mass is 79.9. The second-order valence-electron chi connectivity index (χ2n) is 2.46. The van der Waals surface area contributed by atoms with E-state index in [0.717, 1.165) is 0 Å². The molecular formula is C10H12BrNO3. The fourth-order valence-corrected chi connectivity index (χ4v) is 1.02. The first kappa shape index (κ1) is 13.8. The fraction of sp³-hybridized carbons (Fsp3) is 0.300. The molecule has 0 fully saturated rings. The van der Waals surface area contributed by atoms with Crippen LogP contribution in [-0.4, -0.2) is 37.0 Å². The number of ether oxygens (including phenoxy) is 1. The lowest BCUT2D eigenvalue weighted by Crippen LogP contribution is -2.08. The van der Waals surface area contributed by atoms with Gasteiger partial charge in [0.15, 0.2) is 5.78 Å². The summed E-state index contributed by atoms with van der Waals surface area (Å²) in [6.07, 6.45) is 4.35. The summed E-state index contributed by atoms with van der Waals surface area (Å²) in [5.74, 6) is -0.570. The van der Waals surface area contributed by atoms with Gasteiger partial charge in [-0.05, 0) is 0 Å². The Balaban J connectivity index is 4.42. The number of alkyl halides is 1. The third-order valence-corrected chi connectivity index (χ3v) is 1.93. The number of esters is 1. The molecule has 0 aliphatic carbocycles. The Labute approximate surface area is 96.8 Å². The van der Waals surface area contributed by atoms with Crippen LogP contribution in [0.15, 0.2) is 29.3 Å². The molecule has 0 heterocycles. The van der Waals surface area contributed by atoms with Crippen LogP contribution < -0.4 is 0 Å². The highest BCUT2D eigenvalue weighted by Gasteiger charge is 2.04. The summed E-state index contributed by atoms with van der Waals surface area (Å²) in [6.45, 7) is 3.38. The molecule has 0 aromatic heterocycles. The van der Waals surface area contributed by atoms with E-state index in [9.17, 15) is 9.59 Å². The monoisotopic (exact) mass is 273 g/mol. The molecule has 0 unspecified atom stereocenters. The maximum atomic E-state index is 11.3. The van der Waals surface area contributed by atoms with E-state index in [0.29, 0.717) is 5.57 Å². The summed E-state index contributed by atoms with van der Waals surface area (Å²) in [4.78, 5) is 25.8. The van der Waals surface area contributed by atoms with Crippen LogP contribution in [0.3, 0.4) is 0 Å². The van der Waals surface area contributed by atoms with Crippen LogP contribution in [0.25, 0.3) is 0 Å². The molecule has 0 aliphatic rings. The number of Topliss-reactive ketones (excluding diaryl/α,β-unsaturated/α-hetero) is 1. The molecule has 0 aromatic rings. The lowest BCUT2D eigenvalue weighted by atomic mass is 10.2. The van der Waals surface area contributed by atoms with Crippen LogP contribution >= 0.6 is 15.9 Å². The fourth-order valence-electron chi connectivity index (χ4n) is 0.695. The van der Waals surface area contributed by atoms with Gasteiger partial charge in [0.25, 0.3) is 0 Å². The first-order chi connectivity index (χ1) is 7.15. The van der Waals surface area contributed by atoms with E-state index in [1.165, 1.54) is 25.5 Å². The molecule has 15 heavy (non-hydrogen) atoms. The zero-order valence-corrected chi connectivity index (χ0v) is 9.99. The van der Waals surface area contributed by atoms with Gasteiger partial charge in [-0.1, -0.05) is 34.7 Å². The molecule has 0 bridgehead atoms. The van der Waals surface area contributed by atoms with E-state index < -0.39 is 5.97 Å². The second kappa shape index (κ2) is 8.11. The van der Waals surface area contributed by atoms with Gasteiger partial charge in [-0.25, -0.2) is 0 Å². The van der Waals surface area contributed by atoms with Crippen LogP contribution in [-0.2, 0) is 14.3 Å². The van der Waals surface area contributed by atoms with Crippen LogP contribution in [0, 0.1) is 0 Å². The predicted molar refractivity (Wildman–Crippen MR) is 62.5 cm³/mol. The van der Waals surface area contributed by atoms with E-state index in [-0.39, 0.29) is 17.7 Å². The largest absolute Gasteiger partial charge is 0.468 e. The Hall–Kier alpha value is -1.23. The zero-order chi connectivity index (χ0) is 11.7. The average Bonchev–Trinajstić information content (AvgIpc) is 2.26. The van der Waals surface area contributed by atoms with E-state index in [1.807, 2.05) is 0 Å². The second-order valence-corrected chi connectivity index (χ2v) is 3.02. The lowest BCUT2D eigenvalue weighted by Gasteiger charge is -1.96. The Morgan fingerprint density at radius 1 is 1.53 bits per heavy atom. The molecule has 5 heteroatoms. The van der Waals surface area contributed by atoms with Gasteiger partial charge >= 0.3 is 5.97 Å². The zero-order valence-electron chi connectivity index (χ0n) is 8.40. The number of carbonyl (C=O) groups is 2. The lowest BCUT2D eigenvalue weighted by molar-refractivity contribution is -0.138. The topological polar surface area (TPSA) is 55.7 Å². The summed E-state index contributed by atoms with van der Waals surface area (Å²) >= 11 is 3.04. The highest BCUT2D eigenvalue weighted by molar-refractivity contribution is 9.09. The van der Waals surface area contributed by atoms with Crippen molar-refractivity contribution in [2.75, 3.05) is 19.0 Å². The van der Waals surface area contributed by atoms with Crippen molar-refractivity contribution < 1.29 is 14.3 Å². The number of hydrogen-bond acceptors (Lipinski definition) is 4. The number of nitrogens with zero attached hydrogens (tertiary/aromatic N) is 1. The summed E-state index contributed by atoms with van der Waals surface area (Å²) in [6, 6.07) is 0. The molecule has 4 nitrogen and oxygen atoms in total. The van der Waals surface area contributed by atoms with Crippen LogP contribution in [0.4, 0.5) is 0 Å². The number of aliphatic imine (C=N–C) groups is 1. The van der Waals surface area contributed by atoms with E-state index in [4.69, 9.17) is 0 Å². The predicted octanol–water partition coefficient (Wildman–Crippen LogP) is 1.31. The molecule has 0 radical (unpaired) electrons. The number of allylic oxidation sites excluding steroid dienone is 3. The van der Waals surface area contributed by atoms with Crippen LogP contribution in [0.1, 0.15) is 0 Å². The smallest absolute Gasteiger partial charge is 0.327 e. The Bertz CT molecular complexity index is 308. The van der Waals surface area contributed by atoms with Gasteiger partial charge in [-0.2, -0.15) is 0 Å². The number of halogens is 1. The van der Waals surface area contributed by atoms with Crippen molar-refractivity contribution >= 4 is 33.9 Å². The number of methoxy groups -OCH3 is 1. The molecule has 0 amide bonds. The van der Waals surface area contributed by atoms with Gasteiger partial charge < -0.3 is 4.74 Å². The van der Waals surface area contributed by atoms with Crippen molar-refractivity contribution in [1.82, 2.24) is 0 Å². The number of rotatable bonds is 6. The summed E-state index contributed by atoms with van der Waals surface area (Å²) < 4.78 is 4.39. The molecule has 0 atom stereocenters. The number of ketones is 1. The molecule has 0 aromatic carbocycles. The Kier molecular flexibility index (Phi) is 7.44. The molecule has 0 rings (SSSR count). The minimum Gasteiger partial charge on any atom is -0.468 e. The summed E-state index contributed by atoms with van der Waals surface area (Å²) in [5.41, 5.74) is 0.394. The van der Waals surface area contributed by atoms with Crippen molar-refractivity contribution in [3.05, 3.63) is 24.3 Å². The molecule has 0 N–H and O–H groups in total. The van der Waals surface area contributed by atoms with Crippen molar-refractivity contribution in [2.24, 2.45) is 4.99 Å². The third kappa shape index (κ3) is 5.96. The molecule has 82 valence electrons. The normalized spacial score (nSPS) is 11.5. The van der Waals surface area contributed by atoms with Gasteiger partial charge in [0.1, 0.15) is 6.54 Å². The summed E-state index contributed by atoms with van der Waals surface area (Å²) in [7, 11) is 1.28. The molecule has 0 spiro atoms. The Morgan fingerprint density at radius 3 is 2.67 bits per heavy atom. The van der Waals surface area contributed by atoms with Crippen molar-refractivity contribution in [1.29, 1.82) is 0 Å². The molecule has 0 aliphatic heterocycles. The van der Waals surface area contributed by atoms with Gasteiger partial charge in [-0.3, -0.25) is 14.6 Å². The van der Waals surface area contributed by atoms with Gasteiger partial charge in [-0.15, -0.1) is 0 Å². The first-order valence-corrected chi connectivity index (χ1v) is 5.26. The Morgan fingerprint density at radius 2 is 2.20 bits per heavy atom. The molecular weight excluding hydrogens is 262 g/mol. The van der Waals surface area contributed by atoms with Crippen molar-refractivity contribution in [2.45, 2.75) is 0 Å². The van der Waals surface area contributed by atoms with E-state index >= 15 is 0 Å². The summed E-state index contributed by atoms with van der Waals surface area (Å²) in [5, 5.41) is 0.205.